The maximum Gasteiger partial charge on any atom is 0.415 e. The molecule has 1 aromatic rings. The van der Waals surface area contributed by atoms with Crippen molar-refractivity contribution in [3.8, 4) is 5.75 Å². The largest absolute Gasteiger partial charge is 0.415 e. The zero-order chi connectivity index (χ0) is 20.0. The molecule has 0 bridgehead atoms. The van der Waals surface area contributed by atoms with E-state index in [0.717, 1.165) is 45.4 Å². The monoisotopic (exact) mass is 392 g/mol. The van der Waals surface area contributed by atoms with E-state index in [4.69, 9.17) is 9.47 Å². The standard InChI is InChI=1S/C22H33FN2O3/c1-2-3-14-24-15-6-4-5-7-18-27-20-12-16-25(17-13-20)22(26)28-21-10-8-19(23)9-11-21/h2,8-11,20,24H,1,3-7,12-18H2. The van der Waals surface area contributed by atoms with Gasteiger partial charge in [0, 0.05) is 19.7 Å². The number of nitrogens with zero attached hydrogens (tertiary/aromatic N) is 1. The molecule has 0 aromatic heterocycles. The first-order chi connectivity index (χ1) is 13.7. The van der Waals surface area contributed by atoms with Crippen molar-refractivity contribution in [1.82, 2.24) is 10.2 Å². The van der Waals surface area contributed by atoms with Crippen molar-refractivity contribution in [2.24, 2.45) is 0 Å². The smallest absolute Gasteiger partial charge is 0.410 e. The van der Waals surface area contributed by atoms with Crippen molar-refractivity contribution < 1.29 is 18.7 Å². The highest BCUT2D eigenvalue weighted by atomic mass is 19.1. The molecule has 0 radical (unpaired) electrons. The molecule has 1 heterocycles. The van der Waals surface area contributed by atoms with Crippen LogP contribution in [0.4, 0.5) is 9.18 Å². The van der Waals surface area contributed by atoms with Gasteiger partial charge in [0.15, 0.2) is 0 Å². The lowest BCUT2D eigenvalue weighted by molar-refractivity contribution is 0.00932. The van der Waals surface area contributed by atoms with Crippen LogP contribution in [0.15, 0.2) is 36.9 Å². The summed E-state index contributed by atoms with van der Waals surface area (Å²) in [5.41, 5.74) is 0. The van der Waals surface area contributed by atoms with Gasteiger partial charge >= 0.3 is 6.09 Å². The van der Waals surface area contributed by atoms with E-state index >= 15 is 0 Å². The van der Waals surface area contributed by atoms with Crippen molar-refractivity contribution in [2.45, 2.75) is 51.0 Å². The second kappa shape index (κ2) is 13.3. The zero-order valence-electron chi connectivity index (χ0n) is 16.7. The molecule has 2 rings (SSSR count). The molecule has 1 aromatic carbocycles. The lowest BCUT2D eigenvalue weighted by atomic mass is 10.1. The molecule has 1 saturated heterocycles. The number of piperidine rings is 1. The SMILES string of the molecule is C=CCCNCCCCCCOC1CCN(C(=O)Oc2ccc(F)cc2)CC1. The second-order valence-corrected chi connectivity index (χ2v) is 7.12. The summed E-state index contributed by atoms with van der Waals surface area (Å²) in [7, 11) is 0. The highest BCUT2D eigenvalue weighted by Gasteiger charge is 2.24. The number of benzene rings is 1. The number of rotatable bonds is 12. The number of nitrogens with one attached hydrogen (secondary N) is 1. The van der Waals surface area contributed by atoms with Crippen LogP contribution in [-0.4, -0.2) is 49.9 Å². The Hall–Kier alpha value is -1.92. The van der Waals surface area contributed by atoms with Gasteiger partial charge in [0.25, 0.3) is 0 Å². The van der Waals surface area contributed by atoms with E-state index in [9.17, 15) is 9.18 Å². The van der Waals surface area contributed by atoms with Gasteiger partial charge in [0.2, 0.25) is 0 Å². The third kappa shape index (κ3) is 8.85. The van der Waals surface area contributed by atoms with Crippen LogP contribution in [0, 0.1) is 5.82 Å². The number of halogens is 1. The summed E-state index contributed by atoms with van der Waals surface area (Å²) in [6.07, 6.45) is 9.13. The van der Waals surface area contributed by atoms with Crippen LogP contribution in [0.3, 0.4) is 0 Å². The van der Waals surface area contributed by atoms with Crippen LogP contribution in [0.1, 0.15) is 44.9 Å². The quantitative estimate of drug-likeness (QED) is 0.419. The van der Waals surface area contributed by atoms with E-state index in [-0.39, 0.29) is 18.0 Å². The Kier molecular flexibility index (Phi) is 10.6. The molecule has 1 fully saturated rings. The lowest BCUT2D eigenvalue weighted by Gasteiger charge is -2.31. The van der Waals surface area contributed by atoms with Gasteiger partial charge < -0.3 is 19.7 Å². The van der Waals surface area contributed by atoms with Crippen LogP contribution in [0.5, 0.6) is 5.75 Å². The average molecular weight is 393 g/mol. The number of ether oxygens (including phenoxy) is 2. The number of carbonyl (C=O) groups excluding carboxylic acids is 1. The van der Waals surface area contributed by atoms with Gasteiger partial charge in [0.1, 0.15) is 11.6 Å². The molecule has 0 atom stereocenters. The zero-order valence-corrected chi connectivity index (χ0v) is 16.7. The summed E-state index contributed by atoms with van der Waals surface area (Å²) < 4.78 is 24.1. The number of likely N-dealkylation sites (tertiary alicyclic amines) is 1. The molecular formula is C22H33FN2O3. The van der Waals surface area contributed by atoms with Gasteiger partial charge in [-0.1, -0.05) is 18.9 Å². The van der Waals surface area contributed by atoms with E-state index < -0.39 is 0 Å². The molecule has 5 nitrogen and oxygen atoms in total. The first-order valence-corrected chi connectivity index (χ1v) is 10.3. The fraction of sp³-hybridized carbons (Fsp3) is 0.591. The minimum Gasteiger partial charge on any atom is -0.410 e. The second-order valence-electron chi connectivity index (χ2n) is 7.12. The van der Waals surface area contributed by atoms with Crippen LogP contribution < -0.4 is 10.1 Å². The third-order valence-corrected chi connectivity index (χ3v) is 4.85. The van der Waals surface area contributed by atoms with E-state index in [1.165, 1.54) is 43.5 Å². The number of hydrogen-bond acceptors (Lipinski definition) is 4. The number of amides is 1. The summed E-state index contributed by atoms with van der Waals surface area (Å²) in [6, 6.07) is 5.48. The Morgan fingerprint density at radius 2 is 1.86 bits per heavy atom. The van der Waals surface area contributed by atoms with Crippen molar-refractivity contribution in [3.63, 3.8) is 0 Å². The Bertz CT molecular complexity index is 572. The predicted molar refractivity (Wildman–Crippen MR) is 109 cm³/mol. The highest BCUT2D eigenvalue weighted by molar-refractivity contribution is 5.70. The minimum absolute atomic E-state index is 0.218. The number of hydrogen-bond donors (Lipinski definition) is 1. The molecule has 0 aliphatic carbocycles. The van der Waals surface area contributed by atoms with Gasteiger partial charge in [-0.05, 0) is 69.5 Å². The van der Waals surface area contributed by atoms with Crippen LogP contribution >= 0.6 is 0 Å². The van der Waals surface area contributed by atoms with Crippen LogP contribution in [-0.2, 0) is 4.74 Å². The molecule has 1 N–H and O–H groups in total. The molecular weight excluding hydrogens is 359 g/mol. The summed E-state index contributed by atoms with van der Waals surface area (Å²) in [5, 5.41) is 3.40. The van der Waals surface area contributed by atoms with Crippen molar-refractivity contribution in [3.05, 3.63) is 42.7 Å². The Morgan fingerprint density at radius 1 is 1.14 bits per heavy atom. The first kappa shape index (κ1) is 22.4. The van der Waals surface area contributed by atoms with Gasteiger partial charge in [-0.15, -0.1) is 6.58 Å². The van der Waals surface area contributed by atoms with Gasteiger partial charge in [0.05, 0.1) is 6.10 Å². The van der Waals surface area contributed by atoms with E-state index in [2.05, 4.69) is 11.9 Å². The molecule has 0 unspecified atom stereocenters. The molecule has 156 valence electrons. The maximum atomic E-state index is 12.9. The molecule has 6 heteroatoms. The van der Waals surface area contributed by atoms with Crippen molar-refractivity contribution >= 4 is 6.09 Å². The lowest BCUT2D eigenvalue weighted by Crippen LogP contribution is -2.42. The average Bonchev–Trinajstić information content (AvgIpc) is 2.71. The highest BCUT2D eigenvalue weighted by Crippen LogP contribution is 2.17. The summed E-state index contributed by atoms with van der Waals surface area (Å²) in [5.74, 6) is 0.0126. The predicted octanol–water partition coefficient (Wildman–Crippen LogP) is 4.53. The Morgan fingerprint density at radius 3 is 2.57 bits per heavy atom. The number of unbranched alkanes of at least 4 members (excludes halogenated alkanes) is 3. The third-order valence-electron chi connectivity index (χ3n) is 4.85. The maximum absolute atomic E-state index is 12.9. The van der Waals surface area contributed by atoms with Gasteiger partial charge in [-0.25, -0.2) is 9.18 Å². The van der Waals surface area contributed by atoms with Gasteiger partial charge in [-0.2, -0.15) is 0 Å². The fourth-order valence-electron chi connectivity index (χ4n) is 3.16. The Balaban J connectivity index is 1.48. The van der Waals surface area contributed by atoms with E-state index in [1.54, 1.807) is 4.90 Å². The summed E-state index contributed by atoms with van der Waals surface area (Å²) >= 11 is 0. The molecule has 0 saturated carbocycles. The fourth-order valence-corrected chi connectivity index (χ4v) is 3.16. The first-order valence-electron chi connectivity index (χ1n) is 10.3. The normalized spacial score (nSPS) is 14.8. The van der Waals surface area contributed by atoms with Crippen molar-refractivity contribution in [2.75, 3.05) is 32.8 Å². The molecule has 1 aliphatic rings. The topological polar surface area (TPSA) is 50.8 Å². The summed E-state index contributed by atoms with van der Waals surface area (Å²) in [4.78, 5) is 13.8. The van der Waals surface area contributed by atoms with E-state index in [0.29, 0.717) is 18.8 Å². The summed E-state index contributed by atoms with van der Waals surface area (Å²) in [6.45, 7) is 7.83. The minimum atomic E-state index is -0.383. The van der Waals surface area contributed by atoms with Crippen LogP contribution in [0.2, 0.25) is 0 Å². The van der Waals surface area contributed by atoms with E-state index in [1.807, 2.05) is 6.08 Å². The molecule has 1 amide bonds. The number of carbonyl (C=O) groups is 1. The van der Waals surface area contributed by atoms with Crippen molar-refractivity contribution in [1.29, 1.82) is 0 Å². The van der Waals surface area contributed by atoms with Gasteiger partial charge in [-0.3, -0.25) is 0 Å². The molecule has 0 spiro atoms. The molecule has 1 aliphatic heterocycles. The Labute approximate surface area is 167 Å². The molecule has 28 heavy (non-hydrogen) atoms. The van der Waals surface area contributed by atoms with Crippen LogP contribution in [0.25, 0.3) is 0 Å².